The predicted octanol–water partition coefficient (Wildman–Crippen LogP) is 9.86. The Labute approximate surface area is 271 Å². The molecule has 4 aromatic carbocycles. The second-order valence-corrected chi connectivity index (χ2v) is 10.6. The van der Waals surface area contributed by atoms with E-state index in [2.05, 4.69) is 89.0 Å². The molecule has 0 atom stereocenters. The van der Waals surface area contributed by atoms with Gasteiger partial charge in [0.05, 0.1) is 18.6 Å². The Hall–Kier alpha value is -5.10. The number of aromatic nitrogens is 2. The van der Waals surface area contributed by atoms with Gasteiger partial charge in [0, 0.05) is 54.8 Å². The smallest absolute Gasteiger partial charge is 0.333 e. The van der Waals surface area contributed by atoms with Crippen LogP contribution in [-0.2, 0) is 32.2 Å². The zero-order valence-corrected chi connectivity index (χ0v) is 27.9. The number of benzene rings is 4. The van der Waals surface area contributed by atoms with Crippen LogP contribution in [0.5, 0.6) is 0 Å². The Balaban J connectivity index is 0.00000116. The van der Waals surface area contributed by atoms with Crippen LogP contribution in [0.3, 0.4) is 0 Å². The van der Waals surface area contributed by atoms with Crippen molar-refractivity contribution in [1.29, 1.82) is 0 Å². The van der Waals surface area contributed by atoms with Crippen molar-refractivity contribution in [2.24, 2.45) is 0 Å². The van der Waals surface area contributed by atoms with E-state index in [-0.39, 0.29) is 25.2 Å². The highest BCUT2D eigenvalue weighted by Crippen LogP contribution is 2.38. The molecule has 0 aliphatic carbocycles. The third-order valence-corrected chi connectivity index (χ3v) is 7.67. The second kappa shape index (κ2) is 15.3. The summed E-state index contributed by atoms with van der Waals surface area (Å²) in [6.07, 6.45) is 0. The van der Waals surface area contributed by atoms with Crippen LogP contribution in [0, 0.1) is 0 Å². The summed E-state index contributed by atoms with van der Waals surface area (Å²) in [5.74, 6) is -0.761. The summed E-state index contributed by atoms with van der Waals surface area (Å²) in [4.78, 5) is 24.1. The molecule has 6 nitrogen and oxygen atoms in total. The van der Waals surface area contributed by atoms with Crippen molar-refractivity contribution in [3.63, 3.8) is 0 Å². The maximum Gasteiger partial charge on any atom is 0.333 e. The summed E-state index contributed by atoms with van der Waals surface area (Å²) in [6, 6.07) is 29.6. The molecule has 0 spiro atoms. The van der Waals surface area contributed by atoms with Gasteiger partial charge in [-0.15, -0.1) is 0 Å². The minimum absolute atomic E-state index is 0.246. The molecule has 6 rings (SSSR count). The third-order valence-electron chi connectivity index (χ3n) is 7.67. The number of ether oxygens (including phenoxy) is 2. The normalized spacial score (nSPS) is 10.7. The summed E-state index contributed by atoms with van der Waals surface area (Å²) in [7, 11) is 0. The van der Waals surface area contributed by atoms with Gasteiger partial charge in [0.1, 0.15) is 13.2 Å². The molecule has 2 aromatic heterocycles. The number of hydrogen-bond donors (Lipinski definition) is 0. The molecule has 46 heavy (non-hydrogen) atoms. The van der Waals surface area contributed by atoms with Crippen LogP contribution in [-0.4, -0.2) is 34.3 Å². The molecule has 0 aliphatic rings. The fourth-order valence-electron chi connectivity index (χ4n) is 5.74. The number of nitrogens with zero attached hydrogens (tertiary/aromatic N) is 2. The van der Waals surface area contributed by atoms with E-state index < -0.39 is 0 Å². The van der Waals surface area contributed by atoms with Crippen LogP contribution < -0.4 is 0 Å². The summed E-state index contributed by atoms with van der Waals surface area (Å²) in [6.45, 7) is 20.2. The molecule has 6 aromatic rings. The van der Waals surface area contributed by atoms with Crippen molar-refractivity contribution in [3.8, 4) is 11.1 Å². The minimum atomic E-state index is -0.382. The van der Waals surface area contributed by atoms with Gasteiger partial charge >= 0.3 is 11.9 Å². The number of fused-ring (bicyclic) bond motifs is 6. The zero-order chi connectivity index (χ0) is 33.4. The van der Waals surface area contributed by atoms with Gasteiger partial charge in [-0.25, -0.2) is 9.59 Å². The highest BCUT2D eigenvalue weighted by Gasteiger charge is 2.17. The quantitative estimate of drug-likeness (QED) is 0.120. The fourth-order valence-corrected chi connectivity index (χ4v) is 5.74. The summed E-state index contributed by atoms with van der Waals surface area (Å²) >= 11 is 0. The number of rotatable bonds is 9. The highest BCUT2D eigenvalue weighted by atomic mass is 16.5. The molecular formula is C40H44N2O4. The molecule has 0 bridgehead atoms. The first-order chi connectivity index (χ1) is 22.3. The molecule has 0 fully saturated rings. The standard InChI is InChI=1S/C36H32N2O4.2C2H6/c1-23(2)35(39)41-20-18-37-31-14-7-6-11-28(31)30-22-25(16-17-33(30)37)26-12-9-13-29-27-10-5-8-15-32(27)38(34(26)29)19-21-42-36(40)24(3)4;2*1-2/h5-17,22H,1,3,18-21H2,2,4H3;2*1-2H3. The van der Waals surface area contributed by atoms with E-state index in [1.165, 1.54) is 0 Å². The van der Waals surface area contributed by atoms with Gasteiger partial charge < -0.3 is 18.6 Å². The van der Waals surface area contributed by atoms with E-state index in [0.29, 0.717) is 24.2 Å². The monoisotopic (exact) mass is 616 g/mol. The van der Waals surface area contributed by atoms with Crippen molar-refractivity contribution in [2.75, 3.05) is 13.2 Å². The van der Waals surface area contributed by atoms with Crippen molar-refractivity contribution in [3.05, 3.63) is 109 Å². The van der Waals surface area contributed by atoms with Crippen LogP contribution in [0.4, 0.5) is 0 Å². The summed E-state index contributed by atoms with van der Waals surface area (Å²) in [5, 5.41) is 4.57. The van der Waals surface area contributed by atoms with Crippen LogP contribution in [0.1, 0.15) is 41.5 Å². The zero-order valence-electron chi connectivity index (χ0n) is 27.9. The first kappa shape index (κ1) is 33.8. The molecule has 0 amide bonds. The molecule has 6 heteroatoms. The lowest BCUT2D eigenvalue weighted by molar-refractivity contribution is -0.140. The van der Waals surface area contributed by atoms with Gasteiger partial charge in [-0.3, -0.25) is 0 Å². The van der Waals surface area contributed by atoms with Gasteiger partial charge in [-0.2, -0.15) is 0 Å². The van der Waals surface area contributed by atoms with Gasteiger partial charge in [-0.1, -0.05) is 102 Å². The SMILES string of the molecule is C=C(C)C(=O)OCCn1c2ccccc2c2cc(-c3cccc4c5ccccc5n(CCOC(=O)C(=C)C)c34)ccc21.CC.CC. The van der Waals surface area contributed by atoms with Gasteiger partial charge in [0.15, 0.2) is 0 Å². The van der Waals surface area contributed by atoms with E-state index in [9.17, 15) is 9.59 Å². The van der Waals surface area contributed by atoms with Crippen LogP contribution >= 0.6 is 0 Å². The van der Waals surface area contributed by atoms with Crippen LogP contribution in [0.15, 0.2) is 109 Å². The Morgan fingerprint density at radius 3 is 1.65 bits per heavy atom. The highest BCUT2D eigenvalue weighted by molar-refractivity contribution is 6.14. The Kier molecular flexibility index (Phi) is 11.2. The largest absolute Gasteiger partial charge is 0.460 e. The van der Waals surface area contributed by atoms with Crippen molar-refractivity contribution >= 4 is 55.6 Å². The molecule has 0 aliphatic heterocycles. The lowest BCUT2D eigenvalue weighted by Crippen LogP contribution is -2.11. The average molecular weight is 617 g/mol. The molecule has 238 valence electrons. The molecule has 2 heterocycles. The maximum atomic E-state index is 12.1. The van der Waals surface area contributed by atoms with E-state index in [0.717, 1.165) is 54.7 Å². The third kappa shape index (κ3) is 6.62. The molecule has 0 radical (unpaired) electrons. The molecule has 0 unspecified atom stereocenters. The van der Waals surface area contributed by atoms with Gasteiger partial charge in [0.25, 0.3) is 0 Å². The number of carbonyl (C=O) groups excluding carboxylic acids is 2. The first-order valence-corrected chi connectivity index (χ1v) is 16.0. The number of hydrogen-bond acceptors (Lipinski definition) is 4. The topological polar surface area (TPSA) is 62.5 Å². The van der Waals surface area contributed by atoms with Crippen molar-refractivity contribution in [1.82, 2.24) is 9.13 Å². The lowest BCUT2D eigenvalue weighted by Gasteiger charge is -2.13. The Morgan fingerprint density at radius 2 is 1.07 bits per heavy atom. The first-order valence-electron chi connectivity index (χ1n) is 16.0. The van der Waals surface area contributed by atoms with E-state index >= 15 is 0 Å². The second-order valence-electron chi connectivity index (χ2n) is 10.6. The fraction of sp³-hybridized carbons (Fsp3) is 0.250. The minimum Gasteiger partial charge on any atom is -0.460 e. The summed E-state index contributed by atoms with van der Waals surface area (Å²) < 4.78 is 15.4. The molecule has 0 saturated carbocycles. The van der Waals surface area contributed by atoms with Gasteiger partial charge in [0.2, 0.25) is 0 Å². The van der Waals surface area contributed by atoms with Crippen LogP contribution in [0.25, 0.3) is 54.7 Å². The maximum absolute atomic E-state index is 12.1. The number of carbonyl (C=O) groups is 2. The van der Waals surface area contributed by atoms with E-state index in [1.807, 2.05) is 45.9 Å². The Bertz CT molecular complexity index is 2040. The average Bonchev–Trinajstić information content (AvgIpc) is 3.58. The van der Waals surface area contributed by atoms with E-state index in [1.54, 1.807) is 13.8 Å². The molecule has 0 N–H and O–H groups in total. The lowest BCUT2D eigenvalue weighted by atomic mass is 10.00. The van der Waals surface area contributed by atoms with Crippen molar-refractivity contribution in [2.45, 2.75) is 54.6 Å². The van der Waals surface area contributed by atoms with Crippen molar-refractivity contribution < 1.29 is 19.1 Å². The van der Waals surface area contributed by atoms with Gasteiger partial charge in [-0.05, 0) is 43.7 Å². The number of esters is 2. The van der Waals surface area contributed by atoms with Crippen LogP contribution in [0.2, 0.25) is 0 Å². The Morgan fingerprint density at radius 1 is 0.587 bits per heavy atom. The van der Waals surface area contributed by atoms with E-state index in [4.69, 9.17) is 9.47 Å². The molecular weight excluding hydrogens is 572 g/mol. The predicted molar refractivity (Wildman–Crippen MR) is 192 cm³/mol. The summed E-state index contributed by atoms with van der Waals surface area (Å²) in [5.41, 5.74) is 7.32. The number of para-hydroxylation sites is 3. The molecule has 0 saturated heterocycles.